The minimum atomic E-state index is -4.04. The van der Waals surface area contributed by atoms with Crippen molar-refractivity contribution in [3.8, 4) is 0 Å². The molecule has 0 spiro atoms. The lowest BCUT2D eigenvalue weighted by molar-refractivity contribution is 0.0228. The number of carbonyl (C=O) groups excluding carboxylic acids is 2. The van der Waals surface area contributed by atoms with Gasteiger partial charge in [-0.3, -0.25) is 5.21 Å². The number of rotatable bonds is 4. The van der Waals surface area contributed by atoms with Crippen LogP contribution in [-0.2, 0) is 32.9 Å². The van der Waals surface area contributed by atoms with E-state index in [-0.39, 0.29) is 9.79 Å². The van der Waals surface area contributed by atoms with Crippen LogP contribution in [0.2, 0.25) is 0 Å². The van der Waals surface area contributed by atoms with E-state index in [4.69, 9.17) is 20.6 Å². The van der Waals surface area contributed by atoms with Gasteiger partial charge in [0.25, 0.3) is 9.05 Å². The molecule has 0 saturated carbocycles. The molecule has 0 radical (unpaired) electrons. The molecule has 0 aliphatic rings. The Balaban J connectivity index is 0.000000612. The van der Waals surface area contributed by atoms with Gasteiger partial charge < -0.3 is 9.47 Å². The predicted octanol–water partition coefficient (Wildman–Crippen LogP) is 4.96. The summed E-state index contributed by atoms with van der Waals surface area (Å²) in [5.74, 6) is 0. The van der Waals surface area contributed by atoms with E-state index in [9.17, 15) is 26.4 Å². The standard InChI is InChI=1S/C12H17NO5S.C7H7ClO2S.C5H11NO3/c1-9-5-7-10(8-6-9)19(15,16)18-13-11(14)17-12(2,3)4;1-6-2-4-7(5-3-6)11(8,9)10;1-5(2,3)9-4(7)6-8/h5-8H,1-4H3,(H,13,14);2-5H,1H3;8H,1-3H3,(H,6,7). The summed E-state index contributed by atoms with van der Waals surface area (Å²) in [4.78, 5) is 21.6. The van der Waals surface area contributed by atoms with Gasteiger partial charge in [-0.05, 0) is 79.7 Å². The molecule has 2 aromatic rings. The van der Waals surface area contributed by atoms with Gasteiger partial charge in [0.2, 0.25) is 0 Å². The number of aryl methyl sites for hydroxylation is 2. The highest BCUT2D eigenvalue weighted by Crippen LogP contribution is 2.15. The van der Waals surface area contributed by atoms with Crippen LogP contribution >= 0.6 is 10.7 Å². The SMILES string of the molecule is CC(C)(C)OC(=O)NO.Cc1ccc(S(=O)(=O)Cl)cc1.Cc1ccc(S(=O)(=O)ONC(=O)OC(C)(C)C)cc1. The van der Waals surface area contributed by atoms with Crippen molar-refractivity contribution in [2.24, 2.45) is 0 Å². The van der Waals surface area contributed by atoms with Gasteiger partial charge in [-0.2, -0.15) is 13.9 Å². The molecule has 0 heterocycles. The van der Waals surface area contributed by atoms with Crippen LogP contribution in [0.3, 0.4) is 0 Å². The van der Waals surface area contributed by atoms with Crippen LogP contribution in [0.15, 0.2) is 58.3 Å². The Kier molecular flexibility index (Phi) is 13.9. The Morgan fingerprint density at radius 1 is 0.718 bits per heavy atom. The Morgan fingerprint density at radius 3 is 1.38 bits per heavy atom. The number of amides is 2. The second-order valence-corrected chi connectivity index (χ2v) is 13.9. The van der Waals surface area contributed by atoms with Crippen LogP contribution in [0, 0.1) is 13.8 Å². The molecule has 3 N–H and O–H groups in total. The lowest BCUT2D eigenvalue weighted by Gasteiger charge is -2.19. The molecule has 2 aromatic carbocycles. The Bertz CT molecular complexity index is 1280. The summed E-state index contributed by atoms with van der Waals surface area (Å²) in [6.45, 7) is 13.8. The lowest BCUT2D eigenvalue weighted by Crippen LogP contribution is -2.34. The van der Waals surface area contributed by atoms with Gasteiger partial charge >= 0.3 is 22.3 Å². The average Bonchev–Trinajstić information content (AvgIpc) is 2.76. The molecule has 0 fully saturated rings. The van der Waals surface area contributed by atoms with Crippen LogP contribution in [-0.4, -0.2) is 45.4 Å². The molecular formula is C24H35ClN2O10S2. The van der Waals surface area contributed by atoms with E-state index < -0.39 is 42.6 Å². The normalized spacial score (nSPS) is 11.5. The van der Waals surface area contributed by atoms with Crippen molar-refractivity contribution >= 4 is 42.0 Å². The van der Waals surface area contributed by atoms with E-state index in [1.807, 2.05) is 13.8 Å². The number of carbonyl (C=O) groups is 2. The molecule has 2 rings (SSSR count). The smallest absolute Gasteiger partial charge is 0.432 e. The maximum atomic E-state index is 11.7. The first-order valence-corrected chi connectivity index (χ1v) is 14.9. The largest absolute Gasteiger partial charge is 0.442 e. The average molecular weight is 611 g/mol. The van der Waals surface area contributed by atoms with Gasteiger partial charge in [-0.1, -0.05) is 35.4 Å². The van der Waals surface area contributed by atoms with Crippen molar-refractivity contribution in [3.63, 3.8) is 0 Å². The summed E-state index contributed by atoms with van der Waals surface area (Å²) in [6, 6.07) is 12.4. The summed E-state index contributed by atoms with van der Waals surface area (Å²) in [5, 5.41) is 7.97. The second-order valence-electron chi connectivity index (χ2n) is 9.82. The zero-order valence-corrected chi connectivity index (χ0v) is 25.3. The Morgan fingerprint density at radius 2 is 1.08 bits per heavy atom. The number of benzene rings is 2. The van der Waals surface area contributed by atoms with Crippen molar-refractivity contribution in [2.45, 2.75) is 76.4 Å². The van der Waals surface area contributed by atoms with Crippen LogP contribution in [0.25, 0.3) is 0 Å². The van der Waals surface area contributed by atoms with Crippen LogP contribution in [0.4, 0.5) is 9.59 Å². The number of ether oxygens (including phenoxy) is 2. The highest BCUT2D eigenvalue weighted by atomic mass is 35.7. The third-order valence-corrected chi connectivity index (χ3v) is 6.26. The maximum Gasteiger partial charge on any atom is 0.432 e. The molecule has 0 saturated heterocycles. The zero-order valence-electron chi connectivity index (χ0n) is 22.9. The number of hydroxylamine groups is 2. The molecule has 220 valence electrons. The molecule has 0 atom stereocenters. The van der Waals surface area contributed by atoms with Gasteiger partial charge in [0.1, 0.15) is 11.2 Å². The number of hydrogen-bond donors (Lipinski definition) is 3. The molecule has 0 bridgehead atoms. The fourth-order valence-corrected chi connectivity index (χ4v) is 3.66. The van der Waals surface area contributed by atoms with Crippen molar-refractivity contribution in [1.82, 2.24) is 11.0 Å². The quantitative estimate of drug-likeness (QED) is 0.244. The fourth-order valence-electron chi connectivity index (χ4n) is 2.14. The molecule has 2 amide bonds. The van der Waals surface area contributed by atoms with E-state index in [1.165, 1.54) is 29.7 Å². The van der Waals surface area contributed by atoms with E-state index in [0.29, 0.717) is 0 Å². The molecule has 0 unspecified atom stereocenters. The summed E-state index contributed by atoms with van der Waals surface area (Å²) in [5.41, 5.74) is 3.74. The third kappa shape index (κ3) is 17.3. The van der Waals surface area contributed by atoms with Crippen molar-refractivity contribution in [2.75, 3.05) is 0 Å². The molecule has 0 aliphatic heterocycles. The first kappa shape index (κ1) is 36.1. The molecule has 15 heteroatoms. The van der Waals surface area contributed by atoms with Gasteiger partial charge in [0.15, 0.2) is 0 Å². The second kappa shape index (κ2) is 15.0. The van der Waals surface area contributed by atoms with Crippen LogP contribution < -0.4 is 11.0 Å². The van der Waals surface area contributed by atoms with Crippen LogP contribution in [0.1, 0.15) is 52.7 Å². The van der Waals surface area contributed by atoms with Gasteiger partial charge in [-0.25, -0.2) is 23.5 Å². The molecule has 12 nitrogen and oxygen atoms in total. The van der Waals surface area contributed by atoms with Crippen LogP contribution in [0.5, 0.6) is 0 Å². The minimum Gasteiger partial charge on any atom is -0.442 e. The van der Waals surface area contributed by atoms with Gasteiger partial charge in [0.05, 0.1) is 9.79 Å². The molecular weight excluding hydrogens is 576 g/mol. The van der Waals surface area contributed by atoms with Gasteiger partial charge in [0, 0.05) is 10.7 Å². The molecule has 0 aliphatic carbocycles. The number of halogens is 1. The highest BCUT2D eigenvalue weighted by molar-refractivity contribution is 8.13. The Labute approximate surface area is 234 Å². The highest BCUT2D eigenvalue weighted by Gasteiger charge is 2.21. The number of hydrogen-bond acceptors (Lipinski definition) is 10. The van der Waals surface area contributed by atoms with Crippen molar-refractivity contribution in [3.05, 3.63) is 59.7 Å². The fraction of sp³-hybridized carbons (Fsp3) is 0.417. The summed E-state index contributed by atoms with van der Waals surface area (Å²) < 4.78 is 58.7. The minimum absolute atomic E-state index is 0.0471. The topological polar surface area (TPSA) is 174 Å². The Hall–Kier alpha value is -2.91. The first-order chi connectivity index (χ1) is 17.6. The van der Waals surface area contributed by atoms with E-state index >= 15 is 0 Å². The lowest BCUT2D eigenvalue weighted by atomic mass is 10.2. The van der Waals surface area contributed by atoms with E-state index in [1.54, 1.807) is 71.3 Å². The number of nitrogens with one attached hydrogen (secondary N) is 2. The summed E-state index contributed by atoms with van der Waals surface area (Å²) >= 11 is 0. The van der Waals surface area contributed by atoms with Crippen molar-refractivity contribution in [1.29, 1.82) is 0 Å². The van der Waals surface area contributed by atoms with E-state index in [2.05, 4.69) is 9.02 Å². The van der Waals surface area contributed by atoms with Crippen molar-refractivity contribution < 1.29 is 45.4 Å². The zero-order chi connectivity index (χ0) is 30.7. The monoisotopic (exact) mass is 610 g/mol. The molecule has 0 aromatic heterocycles. The third-order valence-electron chi connectivity index (χ3n) is 3.74. The molecule has 39 heavy (non-hydrogen) atoms. The van der Waals surface area contributed by atoms with E-state index in [0.717, 1.165) is 11.1 Å². The first-order valence-electron chi connectivity index (χ1n) is 11.2. The summed E-state index contributed by atoms with van der Waals surface area (Å²) in [7, 11) is -2.50. The van der Waals surface area contributed by atoms with Gasteiger partial charge in [-0.15, -0.1) is 4.28 Å². The maximum absolute atomic E-state index is 11.7. The predicted molar refractivity (Wildman–Crippen MR) is 144 cm³/mol. The summed E-state index contributed by atoms with van der Waals surface area (Å²) in [6.07, 6.45) is -1.80.